The van der Waals surface area contributed by atoms with Crippen molar-refractivity contribution in [2.45, 2.75) is 19.0 Å². The van der Waals surface area contributed by atoms with E-state index in [1.807, 2.05) is 11.9 Å². The highest BCUT2D eigenvalue weighted by atomic mass is 19.1. The van der Waals surface area contributed by atoms with Gasteiger partial charge in [-0.2, -0.15) is 5.10 Å². The van der Waals surface area contributed by atoms with Crippen molar-refractivity contribution >= 4 is 11.6 Å². The molecule has 2 aromatic rings. The number of benzene rings is 1. The summed E-state index contributed by atoms with van der Waals surface area (Å²) in [5.74, 6) is 0.341. The second-order valence-corrected chi connectivity index (χ2v) is 5.90. The third-order valence-corrected chi connectivity index (χ3v) is 4.22. The lowest BCUT2D eigenvalue weighted by molar-refractivity contribution is 0.580. The molecule has 25 heavy (non-hydrogen) atoms. The number of hydrogen-bond acceptors (Lipinski definition) is 4. The Morgan fingerprint density at radius 3 is 2.92 bits per heavy atom. The molecular formula is C16H21F2N7. The molecule has 2 N–H and O–H groups in total. The van der Waals surface area contributed by atoms with Crippen molar-refractivity contribution in [3.63, 3.8) is 0 Å². The van der Waals surface area contributed by atoms with Gasteiger partial charge in [-0.1, -0.05) is 0 Å². The SMILES string of the molecule is CN=C(NCc1ncnn1C)NC1CCN(c2ccc(F)cc2F)C1. The van der Waals surface area contributed by atoms with Crippen LogP contribution >= 0.6 is 0 Å². The number of guanidine groups is 1. The minimum atomic E-state index is -0.566. The number of anilines is 1. The Morgan fingerprint density at radius 1 is 1.40 bits per heavy atom. The fourth-order valence-corrected chi connectivity index (χ4v) is 2.87. The molecule has 1 atom stereocenters. The molecule has 7 nitrogen and oxygen atoms in total. The van der Waals surface area contributed by atoms with Crippen molar-refractivity contribution < 1.29 is 8.78 Å². The molecule has 0 bridgehead atoms. The summed E-state index contributed by atoms with van der Waals surface area (Å²) in [4.78, 5) is 10.3. The molecule has 1 unspecified atom stereocenters. The molecular weight excluding hydrogens is 328 g/mol. The molecule has 1 fully saturated rings. The maximum absolute atomic E-state index is 13.9. The Bertz CT molecular complexity index is 759. The molecule has 1 aromatic heterocycles. The molecule has 0 aliphatic carbocycles. The quantitative estimate of drug-likeness (QED) is 0.638. The summed E-state index contributed by atoms with van der Waals surface area (Å²) in [6.45, 7) is 1.81. The molecule has 9 heteroatoms. The van der Waals surface area contributed by atoms with Crippen LogP contribution < -0.4 is 15.5 Å². The van der Waals surface area contributed by atoms with E-state index in [9.17, 15) is 8.78 Å². The summed E-state index contributed by atoms with van der Waals surface area (Å²) in [5, 5.41) is 10.5. The number of rotatable bonds is 4. The minimum absolute atomic E-state index is 0.121. The van der Waals surface area contributed by atoms with Crippen molar-refractivity contribution in [3.05, 3.63) is 42.0 Å². The van der Waals surface area contributed by atoms with Gasteiger partial charge in [0, 0.05) is 39.3 Å². The largest absolute Gasteiger partial charge is 0.367 e. The van der Waals surface area contributed by atoms with Gasteiger partial charge in [-0.3, -0.25) is 9.67 Å². The van der Waals surface area contributed by atoms with E-state index < -0.39 is 11.6 Å². The normalized spacial score (nSPS) is 17.8. The zero-order chi connectivity index (χ0) is 17.8. The van der Waals surface area contributed by atoms with Crippen LogP contribution in [0.5, 0.6) is 0 Å². The van der Waals surface area contributed by atoms with Gasteiger partial charge in [-0.25, -0.2) is 13.8 Å². The lowest BCUT2D eigenvalue weighted by Gasteiger charge is -2.20. The van der Waals surface area contributed by atoms with Crippen LogP contribution in [0, 0.1) is 11.6 Å². The topological polar surface area (TPSA) is 70.4 Å². The Kier molecular flexibility index (Phi) is 5.11. The van der Waals surface area contributed by atoms with Gasteiger partial charge in [0.1, 0.15) is 23.8 Å². The molecule has 0 amide bonds. The maximum atomic E-state index is 13.9. The average Bonchev–Trinajstić information content (AvgIpc) is 3.20. The number of hydrogen-bond donors (Lipinski definition) is 2. The molecule has 134 valence electrons. The van der Waals surface area contributed by atoms with Crippen molar-refractivity contribution in [3.8, 4) is 0 Å². The number of aromatic nitrogens is 3. The van der Waals surface area contributed by atoms with E-state index in [-0.39, 0.29) is 6.04 Å². The molecule has 2 heterocycles. The van der Waals surface area contributed by atoms with Crippen molar-refractivity contribution in [2.75, 3.05) is 25.0 Å². The van der Waals surface area contributed by atoms with E-state index in [4.69, 9.17) is 0 Å². The number of halogens is 2. The van der Waals surface area contributed by atoms with Crippen molar-refractivity contribution in [1.29, 1.82) is 0 Å². The lowest BCUT2D eigenvalue weighted by Crippen LogP contribution is -2.44. The summed E-state index contributed by atoms with van der Waals surface area (Å²) in [6.07, 6.45) is 2.33. The van der Waals surface area contributed by atoms with E-state index in [1.54, 1.807) is 11.7 Å². The predicted octanol–water partition coefficient (Wildman–Crippen LogP) is 1.04. The number of nitrogens with one attached hydrogen (secondary N) is 2. The van der Waals surface area contributed by atoms with E-state index >= 15 is 0 Å². The monoisotopic (exact) mass is 349 g/mol. The van der Waals surface area contributed by atoms with Crippen LogP contribution in [0.1, 0.15) is 12.2 Å². The average molecular weight is 349 g/mol. The number of aliphatic imine (C=N–C) groups is 1. The molecule has 0 saturated carbocycles. The van der Waals surface area contributed by atoms with E-state index in [1.165, 1.54) is 18.5 Å². The zero-order valence-corrected chi connectivity index (χ0v) is 14.2. The second-order valence-electron chi connectivity index (χ2n) is 5.90. The Hall–Kier alpha value is -2.71. The van der Waals surface area contributed by atoms with Crippen LogP contribution in [0.25, 0.3) is 0 Å². The molecule has 0 radical (unpaired) electrons. The first-order chi connectivity index (χ1) is 12.1. The third kappa shape index (κ3) is 4.04. The highest BCUT2D eigenvalue weighted by Crippen LogP contribution is 2.24. The standard InChI is InChI=1S/C16H21F2N7/c1-19-16(20-8-15-21-10-22-24(15)2)23-12-5-6-25(9-12)14-4-3-11(17)7-13(14)18/h3-4,7,10,12H,5-6,8-9H2,1-2H3,(H2,19,20,23). The summed E-state index contributed by atoms with van der Waals surface area (Å²) in [6, 6.07) is 3.79. The molecule has 1 aromatic carbocycles. The molecule has 1 aliphatic heterocycles. The number of nitrogens with zero attached hydrogens (tertiary/aromatic N) is 5. The first-order valence-electron chi connectivity index (χ1n) is 8.07. The fraction of sp³-hybridized carbons (Fsp3) is 0.438. The highest BCUT2D eigenvalue weighted by Gasteiger charge is 2.25. The first kappa shape index (κ1) is 17.1. The third-order valence-electron chi connectivity index (χ3n) is 4.22. The molecule has 1 aliphatic rings. The van der Waals surface area contributed by atoms with Crippen LogP contribution in [0.3, 0.4) is 0 Å². The van der Waals surface area contributed by atoms with Gasteiger partial charge in [0.15, 0.2) is 5.96 Å². The van der Waals surface area contributed by atoms with Crippen molar-refractivity contribution in [1.82, 2.24) is 25.4 Å². The summed E-state index contributed by atoms with van der Waals surface area (Å²) < 4.78 is 28.7. The highest BCUT2D eigenvalue weighted by molar-refractivity contribution is 5.80. The van der Waals surface area contributed by atoms with Crippen molar-refractivity contribution in [2.24, 2.45) is 12.0 Å². The van der Waals surface area contributed by atoms with Crippen LogP contribution in [0.2, 0.25) is 0 Å². The molecule has 0 spiro atoms. The predicted molar refractivity (Wildman–Crippen MR) is 91.3 cm³/mol. The smallest absolute Gasteiger partial charge is 0.191 e. The van der Waals surface area contributed by atoms with E-state index in [2.05, 4.69) is 25.7 Å². The Morgan fingerprint density at radius 2 is 2.24 bits per heavy atom. The summed E-state index contributed by atoms with van der Waals surface area (Å²) in [5.41, 5.74) is 0.424. The van der Waals surface area contributed by atoms with Crippen LogP contribution in [-0.2, 0) is 13.6 Å². The van der Waals surface area contributed by atoms with Gasteiger partial charge < -0.3 is 15.5 Å². The van der Waals surface area contributed by atoms with Gasteiger partial charge in [-0.15, -0.1) is 0 Å². The maximum Gasteiger partial charge on any atom is 0.191 e. The lowest BCUT2D eigenvalue weighted by atomic mass is 10.2. The first-order valence-corrected chi connectivity index (χ1v) is 8.07. The van der Waals surface area contributed by atoms with Crippen LogP contribution in [-0.4, -0.2) is 46.9 Å². The minimum Gasteiger partial charge on any atom is -0.367 e. The van der Waals surface area contributed by atoms with Gasteiger partial charge in [0.05, 0.1) is 12.2 Å². The van der Waals surface area contributed by atoms with Crippen LogP contribution in [0.15, 0.2) is 29.5 Å². The molecule has 3 rings (SSSR count). The van der Waals surface area contributed by atoms with Gasteiger partial charge >= 0.3 is 0 Å². The van der Waals surface area contributed by atoms with Crippen LogP contribution in [0.4, 0.5) is 14.5 Å². The summed E-state index contributed by atoms with van der Waals surface area (Å²) >= 11 is 0. The molecule has 1 saturated heterocycles. The van der Waals surface area contributed by atoms with E-state index in [0.29, 0.717) is 31.3 Å². The second kappa shape index (κ2) is 7.45. The Labute approximate surface area is 144 Å². The summed E-state index contributed by atoms with van der Waals surface area (Å²) in [7, 11) is 3.52. The van der Waals surface area contributed by atoms with Gasteiger partial charge in [0.2, 0.25) is 0 Å². The van der Waals surface area contributed by atoms with Gasteiger partial charge in [0.25, 0.3) is 0 Å². The fourth-order valence-electron chi connectivity index (χ4n) is 2.87. The van der Waals surface area contributed by atoms with Gasteiger partial charge in [-0.05, 0) is 18.6 Å². The Balaban J connectivity index is 1.55. The zero-order valence-electron chi connectivity index (χ0n) is 14.2. The van der Waals surface area contributed by atoms with E-state index in [0.717, 1.165) is 18.3 Å². The number of aryl methyl sites for hydroxylation is 1.